The van der Waals surface area contributed by atoms with Gasteiger partial charge in [0.15, 0.2) is 0 Å². The van der Waals surface area contributed by atoms with Gasteiger partial charge in [-0.3, -0.25) is 0 Å². The van der Waals surface area contributed by atoms with E-state index in [-0.39, 0.29) is 0 Å². The van der Waals surface area contributed by atoms with E-state index in [0.29, 0.717) is 11.1 Å². The molecule has 142 valence electrons. The first kappa shape index (κ1) is 20.7. The Balaban J connectivity index is 2.38. The van der Waals surface area contributed by atoms with E-state index in [1.807, 2.05) is 24.3 Å². The van der Waals surface area contributed by atoms with Crippen molar-refractivity contribution in [2.45, 2.75) is 65.7 Å². The van der Waals surface area contributed by atoms with Crippen molar-refractivity contribution in [3.63, 3.8) is 0 Å². The van der Waals surface area contributed by atoms with E-state index in [4.69, 9.17) is 4.52 Å². The van der Waals surface area contributed by atoms with Gasteiger partial charge in [0.1, 0.15) is 5.75 Å². The van der Waals surface area contributed by atoms with Crippen LogP contribution in [-0.4, -0.2) is 4.89 Å². The molecule has 3 nitrogen and oxygen atoms in total. The third-order valence-corrected chi connectivity index (χ3v) is 6.06. The topological polar surface area (TPSA) is 46.5 Å². The van der Waals surface area contributed by atoms with Crippen molar-refractivity contribution >= 4 is 12.9 Å². The standard InChI is InChI=1S/C22H31O3P/c1-4-7-13-19-14-8-9-17-22(19)26(23,24)25-21-16-10-15-18(11-5-2)20(21)12-6-3/h8-10,14-17H,4-7,11-13H2,1-3H3,(H,23,24). The second-order valence-electron chi connectivity index (χ2n) is 6.74. The highest BCUT2D eigenvalue weighted by Crippen LogP contribution is 2.44. The Morgan fingerprint density at radius 3 is 2.23 bits per heavy atom. The summed E-state index contributed by atoms with van der Waals surface area (Å²) >= 11 is 0. The van der Waals surface area contributed by atoms with Gasteiger partial charge in [0, 0.05) is 0 Å². The van der Waals surface area contributed by atoms with Crippen molar-refractivity contribution in [2.24, 2.45) is 0 Å². The van der Waals surface area contributed by atoms with Gasteiger partial charge in [-0.2, -0.15) is 0 Å². The average molecular weight is 374 g/mol. The van der Waals surface area contributed by atoms with Gasteiger partial charge in [0.2, 0.25) is 0 Å². The highest BCUT2D eigenvalue weighted by atomic mass is 31.2. The lowest BCUT2D eigenvalue weighted by Crippen LogP contribution is -2.15. The van der Waals surface area contributed by atoms with Gasteiger partial charge in [-0.05, 0) is 54.5 Å². The Labute approximate surface area is 158 Å². The van der Waals surface area contributed by atoms with Gasteiger partial charge in [-0.25, -0.2) is 4.57 Å². The Kier molecular flexibility index (Phi) is 7.93. The maximum Gasteiger partial charge on any atom is 0.408 e. The summed E-state index contributed by atoms with van der Waals surface area (Å²) in [5.41, 5.74) is 3.19. The zero-order valence-corrected chi connectivity index (χ0v) is 17.1. The molecule has 2 rings (SSSR count). The van der Waals surface area contributed by atoms with Gasteiger partial charge in [-0.1, -0.05) is 70.4 Å². The smallest absolute Gasteiger partial charge is 0.408 e. The van der Waals surface area contributed by atoms with E-state index >= 15 is 0 Å². The predicted molar refractivity (Wildman–Crippen MR) is 110 cm³/mol. The minimum Gasteiger partial charge on any atom is -0.421 e. The summed E-state index contributed by atoms with van der Waals surface area (Å²) < 4.78 is 18.9. The van der Waals surface area contributed by atoms with Crippen LogP contribution in [0.5, 0.6) is 5.75 Å². The summed E-state index contributed by atoms with van der Waals surface area (Å²) in [6, 6.07) is 13.2. The molecule has 2 aromatic rings. The van der Waals surface area contributed by atoms with Crippen LogP contribution in [0.2, 0.25) is 0 Å². The number of hydrogen-bond donors (Lipinski definition) is 1. The van der Waals surface area contributed by atoms with E-state index in [1.165, 1.54) is 5.56 Å². The molecule has 4 heteroatoms. The zero-order chi connectivity index (χ0) is 19.0. The van der Waals surface area contributed by atoms with Crippen LogP contribution < -0.4 is 9.83 Å². The predicted octanol–water partition coefficient (Wildman–Crippen LogP) is 5.82. The number of benzene rings is 2. The first-order valence-electron chi connectivity index (χ1n) is 9.75. The second kappa shape index (κ2) is 9.94. The molecule has 0 aliphatic heterocycles. The number of aryl methyl sites for hydroxylation is 2. The largest absolute Gasteiger partial charge is 0.421 e. The maximum absolute atomic E-state index is 13.1. The van der Waals surface area contributed by atoms with Crippen LogP contribution in [0.25, 0.3) is 0 Å². The summed E-state index contributed by atoms with van der Waals surface area (Å²) in [5, 5.41) is 0.428. The van der Waals surface area contributed by atoms with E-state index in [9.17, 15) is 9.46 Å². The molecule has 0 aliphatic carbocycles. The molecule has 0 saturated carbocycles. The van der Waals surface area contributed by atoms with Crippen LogP contribution in [0.4, 0.5) is 0 Å². The van der Waals surface area contributed by atoms with Crippen LogP contribution in [0.15, 0.2) is 42.5 Å². The summed E-state index contributed by atoms with van der Waals surface area (Å²) in [7, 11) is -3.93. The van der Waals surface area contributed by atoms with Gasteiger partial charge in [0.05, 0.1) is 5.30 Å². The maximum atomic E-state index is 13.1. The summed E-state index contributed by atoms with van der Waals surface area (Å²) in [6.07, 6.45) is 6.64. The molecule has 0 spiro atoms. The lowest BCUT2D eigenvalue weighted by Gasteiger charge is -2.20. The van der Waals surface area contributed by atoms with E-state index in [1.54, 1.807) is 12.1 Å². The SMILES string of the molecule is CCCCc1ccccc1P(=O)(O)Oc1cccc(CCC)c1CCC. The Morgan fingerprint density at radius 2 is 1.54 bits per heavy atom. The Morgan fingerprint density at radius 1 is 0.846 bits per heavy atom. The van der Waals surface area contributed by atoms with E-state index in [2.05, 4.69) is 26.8 Å². The van der Waals surface area contributed by atoms with E-state index < -0.39 is 7.60 Å². The first-order valence-corrected chi connectivity index (χ1v) is 11.3. The third kappa shape index (κ3) is 5.22. The average Bonchev–Trinajstić information content (AvgIpc) is 2.63. The normalized spacial score (nSPS) is 13.4. The fourth-order valence-electron chi connectivity index (χ4n) is 3.28. The van der Waals surface area contributed by atoms with Gasteiger partial charge < -0.3 is 9.42 Å². The molecule has 0 saturated heterocycles. The summed E-state index contributed by atoms with van der Waals surface area (Å²) in [5.74, 6) is 0.550. The molecule has 1 N–H and O–H groups in total. The lowest BCUT2D eigenvalue weighted by molar-refractivity contribution is 0.391. The van der Waals surface area contributed by atoms with E-state index in [0.717, 1.165) is 56.1 Å². The van der Waals surface area contributed by atoms with Crippen molar-refractivity contribution in [1.82, 2.24) is 0 Å². The molecule has 0 amide bonds. The zero-order valence-electron chi connectivity index (χ0n) is 16.2. The van der Waals surface area contributed by atoms with Crippen LogP contribution in [-0.2, 0) is 23.8 Å². The van der Waals surface area contributed by atoms with Crippen LogP contribution >= 0.6 is 7.60 Å². The van der Waals surface area contributed by atoms with Gasteiger partial charge in [-0.15, -0.1) is 0 Å². The molecule has 0 bridgehead atoms. The summed E-state index contributed by atoms with van der Waals surface area (Å²) in [6.45, 7) is 6.38. The van der Waals surface area contributed by atoms with Crippen molar-refractivity contribution < 1.29 is 14.0 Å². The number of hydrogen-bond acceptors (Lipinski definition) is 2. The highest BCUT2D eigenvalue weighted by molar-refractivity contribution is 7.61. The van der Waals surface area contributed by atoms with Crippen LogP contribution in [0.3, 0.4) is 0 Å². The quantitative estimate of drug-likeness (QED) is 0.533. The van der Waals surface area contributed by atoms with Crippen molar-refractivity contribution in [3.05, 3.63) is 59.2 Å². The van der Waals surface area contributed by atoms with Crippen LogP contribution in [0, 0.1) is 0 Å². The molecular weight excluding hydrogens is 343 g/mol. The fraction of sp³-hybridized carbons (Fsp3) is 0.455. The molecular formula is C22H31O3P. The third-order valence-electron chi connectivity index (χ3n) is 4.57. The minimum atomic E-state index is -3.93. The van der Waals surface area contributed by atoms with Gasteiger partial charge in [0.25, 0.3) is 0 Å². The first-order chi connectivity index (χ1) is 12.5. The lowest BCUT2D eigenvalue weighted by atomic mass is 9.99. The minimum absolute atomic E-state index is 0.428. The Hall–Kier alpha value is -1.57. The summed E-state index contributed by atoms with van der Waals surface area (Å²) in [4.78, 5) is 10.8. The molecule has 1 atom stereocenters. The highest BCUT2D eigenvalue weighted by Gasteiger charge is 2.28. The van der Waals surface area contributed by atoms with Gasteiger partial charge >= 0.3 is 7.60 Å². The second-order valence-corrected chi connectivity index (χ2v) is 8.44. The number of unbranched alkanes of at least 4 members (excludes halogenated alkanes) is 1. The molecule has 0 aromatic heterocycles. The molecule has 1 unspecified atom stereocenters. The molecule has 0 heterocycles. The number of rotatable bonds is 10. The van der Waals surface area contributed by atoms with Crippen molar-refractivity contribution in [2.75, 3.05) is 0 Å². The monoisotopic (exact) mass is 374 g/mol. The molecule has 2 aromatic carbocycles. The van der Waals surface area contributed by atoms with Crippen molar-refractivity contribution in [3.8, 4) is 5.75 Å². The fourth-order valence-corrected chi connectivity index (χ4v) is 4.64. The molecule has 0 fully saturated rings. The van der Waals surface area contributed by atoms with Crippen molar-refractivity contribution in [1.29, 1.82) is 0 Å². The van der Waals surface area contributed by atoms with Crippen LogP contribution in [0.1, 0.15) is 63.1 Å². The Bertz CT molecular complexity index is 755. The molecule has 26 heavy (non-hydrogen) atoms. The molecule has 0 aliphatic rings. The molecule has 0 radical (unpaired) electrons.